The number of methoxy groups -OCH3 is 4. The second-order valence-corrected chi connectivity index (χ2v) is 8.78. The van der Waals surface area contributed by atoms with E-state index in [1.54, 1.807) is 43.4 Å². The number of hydrogen-bond donors (Lipinski definition) is 1. The van der Waals surface area contributed by atoms with Crippen LogP contribution in [0.25, 0.3) is 27.6 Å². The van der Waals surface area contributed by atoms with E-state index in [1.807, 2.05) is 26.0 Å². The van der Waals surface area contributed by atoms with Crippen molar-refractivity contribution in [2.24, 2.45) is 0 Å². The third-order valence-corrected chi connectivity index (χ3v) is 6.59. The molecule has 1 aromatic heterocycles. The molecule has 0 spiro atoms. The summed E-state index contributed by atoms with van der Waals surface area (Å²) in [7, 11) is 7.59. The molecule has 0 aliphatic rings. The van der Waals surface area contributed by atoms with Crippen molar-refractivity contribution in [1.29, 1.82) is 0 Å². The fraction of sp³-hybridized carbons (Fsp3) is 0.290. The summed E-state index contributed by atoms with van der Waals surface area (Å²) in [6.07, 6.45) is 0. The molecule has 0 aliphatic carbocycles. The molecule has 0 bridgehead atoms. The minimum Gasteiger partial charge on any atom is -0.493 e. The maximum atomic E-state index is 14.3. The average molecular weight is 563 g/mol. The number of hydrogen-bond acceptors (Lipinski definition) is 9. The molecule has 0 aliphatic heterocycles. The van der Waals surface area contributed by atoms with E-state index in [9.17, 15) is 9.59 Å². The lowest BCUT2D eigenvalue weighted by Crippen LogP contribution is -2.27. The molecule has 4 aromatic rings. The lowest BCUT2D eigenvalue weighted by Gasteiger charge is -2.22. The first-order valence-electron chi connectivity index (χ1n) is 13.1. The third kappa shape index (κ3) is 5.32. The summed E-state index contributed by atoms with van der Waals surface area (Å²) in [5, 5.41) is 3.83. The van der Waals surface area contributed by atoms with Crippen LogP contribution in [-0.4, -0.2) is 59.2 Å². The van der Waals surface area contributed by atoms with E-state index in [-0.39, 0.29) is 5.69 Å². The monoisotopic (exact) mass is 562 g/mol. The summed E-state index contributed by atoms with van der Waals surface area (Å²) < 4.78 is 35.1. The fourth-order valence-corrected chi connectivity index (χ4v) is 4.77. The van der Waals surface area contributed by atoms with Crippen LogP contribution >= 0.6 is 0 Å². The summed E-state index contributed by atoms with van der Waals surface area (Å²) in [5.41, 5.74) is 1.83. The molecule has 10 nitrogen and oxygen atoms in total. The van der Waals surface area contributed by atoms with Crippen LogP contribution in [0.1, 0.15) is 24.3 Å². The summed E-state index contributed by atoms with van der Waals surface area (Å²) in [4.78, 5) is 27.8. The van der Waals surface area contributed by atoms with Crippen molar-refractivity contribution in [3.63, 3.8) is 0 Å². The summed E-state index contributed by atoms with van der Waals surface area (Å²) >= 11 is 0. The number of rotatable bonds is 11. The average Bonchev–Trinajstić information content (AvgIpc) is 3.00. The van der Waals surface area contributed by atoms with Gasteiger partial charge in [0.25, 0.3) is 5.56 Å². The van der Waals surface area contributed by atoms with Gasteiger partial charge in [0.05, 0.1) is 47.0 Å². The van der Waals surface area contributed by atoms with Gasteiger partial charge in [0, 0.05) is 29.4 Å². The van der Waals surface area contributed by atoms with Gasteiger partial charge in [-0.25, -0.2) is 4.79 Å². The number of esters is 1. The maximum absolute atomic E-state index is 14.3. The zero-order chi connectivity index (χ0) is 29.7. The van der Waals surface area contributed by atoms with E-state index >= 15 is 0 Å². The minimum atomic E-state index is -0.711. The number of carbonyl (C=O) groups excluding carboxylic acids is 1. The van der Waals surface area contributed by atoms with Crippen molar-refractivity contribution in [3.8, 4) is 45.6 Å². The topological polar surface area (TPSA) is 106 Å². The Morgan fingerprint density at radius 3 is 1.80 bits per heavy atom. The molecule has 0 unspecified atom stereocenters. The number of carbonyl (C=O) groups is 1. The Labute approximate surface area is 238 Å². The zero-order valence-corrected chi connectivity index (χ0v) is 24.2. The number of ether oxygens (including phenoxy) is 6. The van der Waals surface area contributed by atoms with E-state index in [4.69, 9.17) is 28.4 Å². The second-order valence-electron chi connectivity index (χ2n) is 8.78. The number of nitrogens with one attached hydrogen (secondary N) is 1. The smallest absolute Gasteiger partial charge is 0.355 e. The molecule has 0 fully saturated rings. The molecule has 1 heterocycles. The number of nitrogens with zero attached hydrogens (tertiary/aromatic N) is 1. The Morgan fingerprint density at radius 2 is 1.34 bits per heavy atom. The van der Waals surface area contributed by atoms with Crippen LogP contribution in [0.3, 0.4) is 0 Å². The summed E-state index contributed by atoms with van der Waals surface area (Å²) in [5.74, 6) is 1.26. The fourth-order valence-electron chi connectivity index (χ4n) is 4.77. The summed E-state index contributed by atoms with van der Waals surface area (Å²) in [6.45, 7) is 4.44. The number of benzene rings is 3. The molecule has 10 heteroatoms. The number of aromatic nitrogens is 1. The standard InChI is InChI=1S/C31H34N2O8/c1-8-40-23-16-21-22(17-24(23)41-9-2)30(34)33(20-12-10-19(32-3)11-13-20)28(31(35)39-7)27(21)18-14-25(36-4)29(38-6)26(15-18)37-5/h10-17,32H,8-9H2,1-7H3. The quantitative estimate of drug-likeness (QED) is 0.244. The van der Waals surface area contributed by atoms with Gasteiger partial charge in [-0.15, -0.1) is 0 Å². The lowest BCUT2D eigenvalue weighted by molar-refractivity contribution is 0.0591. The van der Waals surface area contributed by atoms with Crippen molar-refractivity contribution in [1.82, 2.24) is 4.57 Å². The highest BCUT2D eigenvalue weighted by Gasteiger charge is 2.28. The number of fused-ring (bicyclic) bond motifs is 1. The first kappa shape index (κ1) is 29.1. The Balaban J connectivity index is 2.27. The molecular weight excluding hydrogens is 528 g/mol. The highest BCUT2D eigenvalue weighted by atomic mass is 16.5. The van der Waals surface area contributed by atoms with Crippen LogP contribution < -0.4 is 34.6 Å². The van der Waals surface area contributed by atoms with Crippen molar-refractivity contribution in [2.75, 3.05) is 54.0 Å². The van der Waals surface area contributed by atoms with Gasteiger partial charge in [0.2, 0.25) is 5.75 Å². The van der Waals surface area contributed by atoms with Gasteiger partial charge in [-0.05, 0) is 67.9 Å². The molecule has 0 amide bonds. The molecule has 4 rings (SSSR count). The van der Waals surface area contributed by atoms with Crippen molar-refractivity contribution in [3.05, 3.63) is 64.6 Å². The van der Waals surface area contributed by atoms with Crippen molar-refractivity contribution >= 4 is 22.4 Å². The first-order chi connectivity index (χ1) is 19.9. The summed E-state index contributed by atoms with van der Waals surface area (Å²) in [6, 6.07) is 13.9. The van der Waals surface area contributed by atoms with Crippen molar-refractivity contribution < 1.29 is 33.2 Å². The van der Waals surface area contributed by atoms with Gasteiger partial charge in [-0.3, -0.25) is 9.36 Å². The van der Waals surface area contributed by atoms with Gasteiger partial charge in [0.1, 0.15) is 5.69 Å². The van der Waals surface area contributed by atoms with Gasteiger partial charge >= 0.3 is 5.97 Å². The van der Waals surface area contributed by atoms with Crippen LogP contribution in [0.15, 0.2) is 53.3 Å². The van der Waals surface area contributed by atoms with Crippen LogP contribution in [0.2, 0.25) is 0 Å². The van der Waals surface area contributed by atoms with E-state index in [0.717, 1.165) is 5.69 Å². The van der Waals surface area contributed by atoms with E-state index in [0.29, 0.717) is 69.5 Å². The highest BCUT2D eigenvalue weighted by Crippen LogP contribution is 2.45. The Kier molecular flexibility index (Phi) is 8.91. The predicted octanol–water partition coefficient (Wildman–Crippen LogP) is 5.31. The first-order valence-corrected chi connectivity index (χ1v) is 13.1. The molecule has 216 valence electrons. The van der Waals surface area contributed by atoms with Crippen molar-refractivity contribution in [2.45, 2.75) is 13.8 Å². The normalized spacial score (nSPS) is 10.7. The minimum absolute atomic E-state index is 0.0167. The van der Waals surface area contributed by atoms with Crippen LogP contribution in [0.4, 0.5) is 5.69 Å². The van der Waals surface area contributed by atoms with Gasteiger partial charge in [-0.1, -0.05) is 0 Å². The lowest BCUT2D eigenvalue weighted by atomic mass is 9.95. The molecule has 3 aromatic carbocycles. The van der Waals surface area contributed by atoms with E-state index in [1.165, 1.54) is 33.0 Å². The molecule has 1 N–H and O–H groups in total. The molecule has 0 saturated heterocycles. The molecule has 0 saturated carbocycles. The van der Waals surface area contributed by atoms with Crippen LogP contribution in [0, 0.1) is 0 Å². The molecular formula is C31H34N2O8. The molecule has 0 atom stereocenters. The van der Waals surface area contributed by atoms with Crippen LogP contribution in [-0.2, 0) is 4.74 Å². The zero-order valence-electron chi connectivity index (χ0n) is 24.2. The van der Waals surface area contributed by atoms with E-state index < -0.39 is 11.5 Å². The maximum Gasteiger partial charge on any atom is 0.355 e. The Bertz CT molecular complexity index is 1600. The predicted molar refractivity (Wildman–Crippen MR) is 158 cm³/mol. The van der Waals surface area contributed by atoms with Crippen LogP contribution in [0.5, 0.6) is 28.7 Å². The SMILES string of the molecule is CCOc1cc2c(-c3cc(OC)c(OC)c(OC)c3)c(C(=O)OC)n(-c3ccc(NC)cc3)c(=O)c2cc1OCC. The largest absolute Gasteiger partial charge is 0.493 e. The third-order valence-electron chi connectivity index (χ3n) is 6.59. The Hall–Kier alpha value is -4.86. The molecule has 41 heavy (non-hydrogen) atoms. The van der Waals surface area contributed by atoms with E-state index in [2.05, 4.69) is 5.32 Å². The highest BCUT2D eigenvalue weighted by molar-refractivity contribution is 6.08. The van der Waals surface area contributed by atoms with Gasteiger partial charge < -0.3 is 33.7 Å². The van der Waals surface area contributed by atoms with Gasteiger partial charge in [0.15, 0.2) is 23.0 Å². The molecule has 0 radical (unpaired) electrons. The van der Waals surface area contributed by atoms with Gasteiger partial charge in [-0.2, -0.15) is 0 Å². The number of pyridine rings is 1. The number of anilines is 1. The second kappa shape index (κ2) is 12.5. The Morgan fingerprint density at radius 1 is 0.780 bits per heavy atom.